The number of hydrogen-bond acceptors (Lipinski definition) is 3. The van der Waals surface area contributed by atoms with Crippen LogP contribution in [-0.4, -0.2) is 36.8 Å². The lowest BCUT2D eigenvalue weighted by atomic mass is 10.1. The lowest BCUT2D eigenvalue weighted by molar-refractivity contribution is 0.0851. The molecule has 0 aliphatic heterocycles. The Kier molecular flexibility index (Phi) is 8.73. The third kappa shape index (κ3) is 6.68. The van der Waals surface area contributed by atoms with Crippen LogP contribution >= 0.6 is 11.8 Å². The van der Waals surface area contributed by atoms with Crippen molar-refractivity contribution in [2.24, 2.45) is 0 Å². The van der Waals surface area contributed by atoms with E-state index in [0.29, 0.717) is 12.1 Å². The molecule has 1 N–H and O–H groups in total. The predicted octanol–water partition coefficient (Wildman–Crippen LogP) is 2.53. The molecule has 0 heterocycles. The molecule has 0 aliphatic rings. The summed E-state index contributed by atoms with van der Waals surface area (Å²) in [4.78, 5) is 0. The fraction of sp³-hybridized carbons (Fsp3) is 1.00. The second-order valence-corrected chi connectivity index (χ2v) is 5.18. The smallest absolute Gasteiger partial charge is 0.0693 e. The summed E-state index contributed by atoms with van der Waals surface area (Å²) in [6, 6.07) is 1.02. The molecule has 3 heteroatoms. The molecule has 0 radical (unpaired) electrons. The van der Waals surface area contributed by atoms with E-state index in [-0.39, 0.29) is 6.10 Å². The summed E-state index contributed by atoms with van der Waals surface area (Å²) < 4.78 is 5.27. The lowest BCUT2D eigenvalue weighted by Gasteiger charge is -2.24. The van der Waals surface area contributed by atoms with Crippen molar-refractivity contribution in [3.05, 3.63) is 0 Å². The van der Waals surface area contributed by atoms with Crippen LogP contribution in [0.15, 0.2) is 0 Å². The minimum Gasteiger partial charge on any atom is -0.380 e. The maximum atomic E-state index is 5.27. The van der Waals surface area contributed by atoms with E-state index in [1.54, 1.807) is 7.11 Å². The Morgan fingerprint density at radius 1 is 1.29 bits per heavy atom. The maximum absolute atomic E-state index is 5.27. The van der Waals surface area contributed by atoms with Crippen molar-refractivity contribution in [3.8, 4) is 0 Å². The number of ether oxygens (including phenoxy) is 1. The van der Waals surface area contributed by atoms with Gasteiger partial charge in [0.1, 0.15) is 0 Å². The van der Waals surface area contributed by atoms with Gasteiger partial charge in [-0.1, -0.05) is 6.92 Å². The molecule has 2 nitrogen and oxygen atoms in total. The number of nitrogens with one attached hydrogen (secondary N) is 1. The molecule has 14 heavy (non-hydrogen) atoms. The third-order valence-electron chi connectivity index (χ3n) is 2.52. The largest absolute Gasteiger partial charge is 0.380 e. The first-order chi connectivity index (χ1) is 6.61. The number of methoxy groups -OCH3 is 1. The topological polar surface area (TPSA) is 21.3 Å². The molecular weight excluding hydrogens is 194 g/mol. The molecule has 0 rings (SSSR count). The monoisotopic (exact) mass is 219 g/mol. The molecule has 3 unspecified atom stereocenters. The van der Waals surface area contributed by atoms with Gasteiger partial charge in [0.15, 0.2) is 0 Å². The third-order valence-corrected chi connectivity index (χ3v) is 3.46. The normalized spacial score (nSPS) is 17.8. The van der Waals surface area contributed by atoms with Gasteiger partial charge in [-0.3, -0.25) is 0 Å². The minimum atomic E-state index is 0.288. The molecule has 86 valence electrons. The molecule has 0 aromatic rings. The molecule has 0 bridgehead atoms. The summed E-state index contributed by atoms with van der Waals surface area (Å²) in [6.07, 6.45) is 1.52. The Balaban J connectivity index is 3.54. The zero-order valence-corrected chi connectivity index (χ0v) is 11.0. The van der Waals surface area contributed by atoms with Crippen molar-refractivity contribution in [2.75, 3.05) is 18.6 Å². The SMILES string of the molecule is CCSCCC(C)NC(C)C(C)OC. The van der Waals surface area contributed by atoms with Crippen molar-refractivity contribution >= 4 is 11.8 Å². The second-order valence-electron chi connectivity index (χ2n) is 3.78. The molecule has 0 amide bonds. The molecule has 0 aliphatic carbocycles. The molecule has 0 fully saturated rings. The van der Waals surface area contributed by atoms with Gasteiger partial charge in [0.2, 0.25) is 0 Å². The Morgan fingerprint density at radius 3 is 2.43 bits per heavy atom. The minimum absolute atomic E-state index is 0.288. The fourth-order valence-electron chi connectivity index (χ4n) is 1.28. The first kappa shape index (κ1) is 14.3. The second kappa shape index (κ2) is 8.57. The fourth-order valence-corrected chi connectivity index (χ4v) is 2.09. The highest BCUT2D eigenvalue weighted by Crippen LogP contribution is 2.05. The van der Waals surface area contributed by atoms with Gasteiger partial charge in [-0.25, -0.2) is 0 Å². The van der Waals surface area contributed by atoms with Gasteiger partial charge in [-0.15, -0.1) is 0 Å². The van der Waals surface area contributed by atoms with E-state index in [1.165, 1.54) is 17.9 Å². The van der Waals surface area contributed by atoms with Crippen molar-refractivity contribution in [2.45, 2.75) is 52.3 Å². The molecule has 0 saturated carbocycles. The molecule has 0 spiro atoms. The van der Waals surface area contributed by atoms with Gasteiger partial charge in [-0.2, -0.15) is 11.8 Å². The summed E-state index contributed by atoms with van der Waals surface area (Å²) in [5.74, 6) is 2.47. The highest BCUT2D eigenvalue weighted by molar-refractivity contribution is 7.99. The van der Waals surface area contributed by atoms with E-state index in [4.69, 9.17) is 4.74 Å². The van der Waals surface area contributed by atoms with E-state index in [0.717, 1.165) is 0 Å². The standard InChI is InChI=1S/C11H25NOS/c1-6-14-8-7-9(2)12-10(3)11(4)13-5/h9-12H,6-8H2,1-5H3. The van der Waals surface area contributed by atoms with Crippen LogP contribution in [0.2, 0.25) is 0 Å². The lowest BCUT2D eigenvalue weighted by Crippen LogP contribution is -2.42. The van der Waals surface area contributed by atoms with Crippen molar-refractivity contribution in [1.29, 1.82) is 0 Å². The number of rotatable bonds is 8. The van der Waals surface area contributed by atoms with Crippen molar-refractivity contribution in [3.63, 3.8) is 0 Å². The highest BCUT2D eigenvalue weighted by Gasteiger charge is 2.13. The van der Waals surface area contributed by atoms with Crippen molar-refractivity contribution < 1.29 is 4.74 Å². The van der Waals surface area contributed by atoms with Gasteiger partial charge in [0, 0.05) is 19.2 Å². The summed E-state index contributed by atoms with van der Waals surface area (Å²) in [6.45, 7) is 8.73. The van der Waals surface area contributed by atoms with Gasteiger partial charge in [0.25, 0.3) is 0 Å². The van der Waals surface area contributed by atoms with Crippen LogP contribution in [0.25, 0.3) is 0 Å². The molecular formula is C11H25NOS. The Labute approximate surface area is 93.2 Å². The van der Waals surface area contributed by atoms with E-state index in [2.05, 4.69) is 33.0 Å². The molecule has 0 saturated heterocycles. The Hall–Kier alpha value is 0.270. The molecule has 0 aromatic heterocycles. The Bertz CT molecular complexity index is 132. The predicted molar refractivity (Wildman–Crippen MR) is 66.1 cm³/mol. The van der Waals surface area contributed by atoms with Crippen LogP contribution in [0.3, 0.4) is 0 Å². The summed E-state index contributed by atoms with van der Waals surface area (Å²) in [5.41, 5.74) is 0. The summed E-state index contributed by atoms with van der Waals surface area (Å²) in [5, 5.41) is 3.55. The summed E-state index contributed by atoms with van der Waals surface area (Å²) >= 11 is 2.01. The average molecular weight is 219 g/mol. The van der Waals surface area contributed by atoms with E-state index < -0.39 is 0 Å². The number of hydrogen-bond donors (Lipinski definition) is 1. The van der Waals surface area contributed by atoms with Crippen LogP contribution in [-0.2, 0) is 4.74 Å². The first-order valence-corrected chi connectivity index (χ1v) is 6.63. The van der Waals surface area contributed by atoms with Crippen LogP contribution in [0, 0.1) is 0 Å². The number of thioether (sulfide) groups is 1. The Morgan fingerprint density at radius 2 is 1.93 bits per heavy atom. The summed E-state index contributed by atoms with van der Waals surface area (Å²) in [7, 11) is 1.76. The zero-order valence-electron chi connectivity index (χ0n) is 10.2. The van der Waals surface area contributed by atoms with Crippen molar-refractivity contribution in [1.82, 2.24) is 5.32 Å². The van der Waals surface area contributed by atoms with Gasteiger partial charge >= 0.3 is 0 Å². The van der Waals surface area contributed by atoms with Crippen LogP contribution in [0.5, 0.6) is 0 Å². The van der Waals surface area contributed by atoms with Gasteiger partial charge < -0.3 is 10.1 Å². The van der Waals surface area contributed by atoms with E-state index in [9.17, 15) is 0 Å². The molecule has 3 atom stereocenters. The van der Waals surface area contributed by atoms with Crippen LogP contribution < -0.4 is 5.32 Å². The maximum Gasteiger partial charge on any atom is 0.0693 e. The van der Waals surface area contributed by atoms with E-state index in [1.807, 2.05) is 11.8 Å². The first-order valence-electron chi connectivity index (χ1n) is 5.48. The quantitative estimate of drug-likeness (QED) is 0.634. The van der Waals surface area contributed by atoms with Gasteiger partial charge in [-0.05, 0) is 38.7 Å². The van der Waals surface area contributed by atoms with Crippen LogP contribution in [0.1, 0.15) is 34.1 Å². The van der Waals surface area contributed by atoms with E-state index >= 15 is 0 Å². The zero-order chi connectivity index (χ0) is 11.0. The average Bonchev–Trinajstić information content (AvgIpc) is 2.16. The highest BCUT2D eigenvalue weighted by atomic mass is 32.2. The van der Waals surface area contributed by atoms with Gasteiger partial charge in [0.05, 0.1) is 6.10 Å². The molecule has 0 aromatic carbocycles. The van der Waals surface area contributed by atoms with Crippen LogP contribution in [0.4, 0.5) is 0 Å².